The predicted octanol–water partition coefficient (Wildman–Crippen LogP) is 3.74. The van der Waals surface area contributed by atoms with Crippen molar-refractivity contribution in [1.29, 1.82) is 0 Å². The maximum Gasteiger partial charge on any atom is 0.120 e. The molecule has 2 N–H and O–H groups in total. The van der Waals surface area contributed by atoms with Crippen LogP contribution in [0.3, 0.4) is 0 Å². The summed E-state index contributed by atoms with van der Waals surface area (Å²) in [6, 6.07) is 12.1. The molecule has 0 amide bonds. The zero-order chi connectivity index (χ0) is 16.8. The topological polar surface area (TPSA) is 48.4 Å². The molecule has 1 atom stereocenters. The maximum atomic E-state index is 10.1. The molecular formula is C20H27N3O. The van der Waals surface area contributed by atoms with E-state index in [1.165, 1.54) is 18.5 Å². The summed E-state index contributed by atoms with van der Waals surface area (Å²) in [5.74, 6) is 1.09. The van der Waals surface area contributed by atoms with Crippen LogP contribution in [0.15, 0.2) is 48.8 Å². The standard InChI is InChI=1S/C20H27N3O/c1-2-19(18-5-3-4-6-20(18)24)22-15-16-9-13-23(14-10-16)17-7-11-21-12-8-17/h3-8,11-12,16,19,22,24H,2,9-10,13-15H2,1H3/t19-/m0/s1. The van der Waals surface area contributed by atoms with Crippen molar-refractivity contribution in [1.82, 2.24) is 10.3 Å². The first-order valence-corrected chi connectivity index (χ1v) is 8.94. The highest BCUT2D eigenvalue weighted by Crippen LogP contribution is 2.27. The fraction of sp³-hybridized carbons (Fsp3) is 0.450. The van der Waals surface area contributed by atoms with Gasteiger partial charge < -0.3 is 15.3 Å². The normalized spacial score (nSPS) is 17.0. The predicted molar refractivity (Wildman–Crippen MR) is 98.3 cm³/mol. The molecule has 24 heavy (non-hydrogen) atoms. The number of benzene rings is 1. The molecule has 0 saturated carbocycles. The first-order valence-electron chi connectivity index (χ1n) is 8.94. The van der Waals surface area contributed by atoms with Crippen molar-refractivity contribution in [3.63, 3.8) is 0 Å². The van der Waals surface area contributed by atoms with Gasteiger partial charge in [0.1, 0.15) is 5.75 Å². The number of aromatic nitrogens is 1. The van der Waals surface area contributed by atoms with E-state index in [1.54, 1.807) is 6.07 Å². The molecule has 4 nitrogen and oxygen atoms in total. The van der Waals surface area contributed by atoms with E-state index >= 15 is 0 Å². The molecule has 1 aromatic carbocycles. The van der Waals surface area contributed by atoms with E-state index in [-0.39, 0.29) is 6.04 Å². The molecule has 1 aliphatic heterocycles. The molecule has 0 radical (unpaired) electrons. The van der Waals surface area contributed by atoms with E-state index in [4.69, 9.17) is 0 Å². The minimum Gasteiger partial charge on any atom is -0.508 e. The molecule has 0 spiro atoms. The van der Waals surface area contributed by atoms with Gasteiger partial charge in [-0.05, 0) is 49.9 Å². The minimum absolute atomic E-state index is 0.226. The molecule has 1 saturated heterocycles. The van der Waals surface area contributed by atoms with E-state index in [0.29, 0.717) is 11.7 Å². The molecule has 1 aliphatic rings. The molecule has 3 rings (SSSR count). The monoisotopic (exact) mass is 325 g/mol. The Bertz CT molecular complexity index is 624. The van der Waals surface area contributed by atoms with Crippen LogP contribution in [0.25, 0.3) is 0 Å². The van der Waals surface area contributed by atoms with E-state index in [9.17, 15) is 5.11 Å². The van der Waals surface area contributed by atoms with Gasteiger partial charge in [0.15, 0.2) is 0 Å². The minimum atomic E-state index is 0.226. The van der Waals surface area contributed by atoms with Crippen molar-refractivity contribution in [3.8, 4) is 5.75 Å². The summed E-state index contributed by atoms with van der Waals surface area (Å²) >= 11 is 0. The van der Waals surface area contributed by atoms with Crippen molar-refractivity contribution in [3.05, 3.63) is 54.4 Å². The summed E-state index contributed by atoms with van der Waals surface area (Å²) < 4.78 is 0. The Labute approximate surface area is 144 Å². The molecule has 1 aromatic heterocycles. The van der Waals surface area contributed by atoms with Gasteiger partial charge in [0, 0.05) is 42.8 Å². The van der Waals surface area contributed by atoms with Gasteiger partial charge in [0.05, 0.1) is 0 Å². The van der Waals surface area contributed by atoms with Crippen molar-refractivity contribution < 1.29 is 5.11 Å². The number of nitrogens with zero attached hydrogens (tertiary/aromatic N) is 2. The number of hydrogen-bond acceptors (Lipinski definition) is 4. The smallest absolute Gasteiger partial charge is 0.120 e. The maximum absolute atomic E-state index is 10.1. The first kappa shape index (κ1) is 16.8. The second-order valence-electron chi connectivity index (χ2n) is 6.56. The Morgan fingerprint density at radius 3 is 2.54 bits per heavy atom. The molecule has 2 aromatic rings. The van der Waals surface area contributed by atoms with Crippen LogP contribution in [0.5, 0.6) is 5.75 Å². The zero-order valence-corrected chi connectivity index (χ0v) is 14.4. The summed E-state index contributed by atoms with van der Waals surface area (Å²) in [6.45, 7) is 5.38. The summed E-state index contributed by atoms with van der Waals surface area (Å²) in [5, 5.41) is 13.7. The Morgan fingerprint density at radius 1 is 1.17 bits per heavy atom. The zero-order valence-electron chi connectivity index (χ0n) is 14.4. The highest BCUT2D eigenvalue weighted by Gasteiger charge is 2.21. The van der Waals surface area contributed by atoms with Crippen molar-refractivity contribution >= 4 is 5.69 Å². The lowest BCUT2D eigenvalue weighted by Gasteiger charge is -2.34. The van der Waals surface area contributed by atoms with Gasteiger partial charge in [-0.1, -0.05) is 25.1 Å². The van der Waals surface area contributed by atoms with Crippen LogP contribution in [0, 0.1) is 5.92 Å². The quantitative estimate of drug-likeness (QED) is 0.849. The lowest BCUT2D eigenvalue weighted by molar-refractivity contribution is 0.354. The van der Waals surface area contributed by atoms with Crippen LogP contribution in [0.1, 0.15) is 37.8 Å². The highest BCUT2D eigenvalue weighted by atomic mass is 16.3. The van der Waals surface area contributed by atoms with E-state index in [2.05, 4.69) is 34.3 Å². The van der Waals surface area contributed by atoms with Crippen molar-refractivity contribution in [2.75, 3.05) is 24.5 Å². The number of anilines is 1. The number of para-hydroxylation sites is 1. The van der Waals surface area contributed by atoms with Gasteiger partial charge in [0.25, 0.3) is 0 Å². The van der Waals surface area contributed by atoms with Crippen molar-refractivity contribution in [2.24, 2.45) is 5.92 Å². The summed E-state index contributed by atoms with van der Waals surface area (Å²) in [4.78, 5) is 6.54. The van der Waals surface area contributed by atoms with E-state index < -0.39 is 0 Å². The highest BCUT2D eigenvalue weighted by molar-refractivity contribution is 5.44. The Hall–Kier alpha value is -2.07. The Morgan fingerprint density at radius 2 is 1.88 bits per heavy atom. The van der Waals surface area contributed by atoms with E-state index in [1.807, 2.05) is 30.6 Å². The lowest BCUT2D eigenvalue weighted by atomic mass is 9.95. The van der Waals surface area contributed by atoms with Crippen LogP contribution in [0.2, 0.25) is 0 Å². The van der Waals surface area contributed by atoms with Crippen LogP contribution < -0.4 is 10.2 Å². The molecule has 0 bridgehead atoms. The summed E-state index contributed by atoms with van der Waals surface area (Å²) in [6.07, 6.45) is 7.11. The molecular weight excluding hydrogens is 298 g/mol. The third kappa shape index (κ3) is 4.06. The van der Waals surface area contributed by atoms with Gasteiger partial charge in [0.2, 0.25) is 0 Å². The SMILES string of the molecule is CC[C@H](NCC1CCN(c2ccncc2)CC1)c1ccccc1O. The Balaban J connectivity index is 1.50. The Kier molecular flexibility index (Phi) is 5.70. The van der Waals surface area contributed by atoms with Crippen LogP contribution in [-0.2, 0) is 0 Å². The summed E-state index contributed by atoms with van der Waals surface area (Å²) in [7, 11) is 0. The number of pyridine rings is 1. The number of phenolic OH excluding ortho intramolecular Hbond substituents is 1. The van der Waals surface area contributed by atoms with Gasteiger partial charge in [-0.3, -0.25) is 4.98 Å². The number of piperidine rings is 1. The first-order chi connectivity index (χ1) is 11.8. The largest absolute Gasteiger partial charge is 0.508 e. The third-order valence-corrected chi connectivity index (χ3v) is 5.02. The van der Waals surface area contributed by atoms with Crippen LogP contribution in [0.4, 0.5) is 5.69 Å². The fourth-order valence-corrected chi connectivity index (χ4v) is 3.52. The number of aromatic hydroxyl groups is 1. The number of hydrogen-bond donors (Lipinski definition) is 2. The van der Waals surface area contributed by atoms with Crippen molar-refractivity contribution in [2.45, 2.75) is 32.2 Å². The average molecular weight is 325 g/mol. The molecule has 0 aliphatic carbocycles. The van der Waals surface area contributed by atoms with Crippen LogP contribution >= 0.6 is 0 Å². The average Bonchev–Trinajstić information content (AvgIpc) is 2.65. The number of nitrogens with one attached hydrogen (secondary N) is 1. The van der Waals surface area contributed by atoms with Gasteiger partial charge >= 0.3 is 0 Å². The number of phenols is 1. The van der Waals surface area contributed by atoms with E-state index in [0.717, 1.165) is 31.6 Å². The van der Waals surface area contributed by atoms with Crippen LogP contribution in [-0.4, -0.2) is 29.7 Å². The molecule has 0 unspecified atom stereocenters. The van der Waals surface area contributed by atoms with Gasteiger partial charge in [-0.2, -0.15) is 0 Å². The van der Waals surface area contributed by atoms with Gasteiger partial charge in [-0.15, -0.1) is 0 Å². The lowest BCUT2D eigenvalue weighted by Crippen LogP contribution is -2.38. The fourth-order valence-electron chi connectivity index (χ4n) is 3.52. The second kappa shape index (κ2) is 8.15. The molecule has 4 heteroatoms. The molecule has 1 fully saturated rings. The molecule has 128 valence electrons. The third-order valence-electron chi connectivity index (χ3n) is 5.02. The second-order valence-corrected chi connectivity index (χ2v) is 6.56. The van der Waals surface area contributed by atoms with Gasteiger partial charge in [-0.25, -0.2) is 0 Å². The summed E-state index contributed by atoms with van der Waals surface area (Å²) in [5.41, 5.74) is 2.28. The molecule has 2 heterocycles. The number of rotatable bonds is 6.